The molecule has 4 heteroatoms. The van der Waals surface area contributed by atoms with Crippen LogP contribution in [0.4, 0.5) is 14.5 Å². The van der Waals surface area contributed by atoms with Crippen molar-refractivity contribution in [1.29, 1.82) is 0 Å². The van der Waals surface area contributed by atoms with Crippen LogP contribution in [0.5, 0.6) is 0 Å². The maximum absolute atomic E-state index is 13.5. The van der Waals surface area contributed by atoms with E-state index in [1.165, 1.54) is 0 Å². The molecule has 0 radical (unpaired) electrons. The van der Waals surface area contributed by atoms with Gasteiger partial charge in [0.2, 0.25) is 0 Å². The maximum atomic E-state index is 13.5. The van der Waals surface area contributed by atoms with E-state index in [1.807, 2.05) is 32.0 Å². The minimum Gasteiger partial charge on any atom is -0.321 e. The van der Waals surface area contributed by atoms with Gasteiger partial charge >= 0.3 is 0 Å². The highest BCUT2D eigenvalue weighted by molar-refractivity contribution is 6.05. The van der Waals surface area contributed by atoms with E-state index in [-0.39, 0.29) is 5.56 Å². The van der Waals surface area contributed by atoms with Crippen LogP contribution in [-0.4, -0.2) is 5.91 Å². The highest BCUT2D eigenvalue weighted by Crippen LogP contribution is 2.21. The Balaban J connectivity index is 2.34. The summed E-state index contributed by atoms with van der Waals surface area (Å²) in [7, 11) is 0. The first-order chi connectivity index (χ1) is 8.99. The van der Waals surface area contributed by atoms with Gasteiger partial charge < -0.3 is 5.32 Å². The van der Waals surface area contributed by atoms with Crippen molar-refractivity contribution in [2.75, 3.05) is 5.32 Å². The zero-order valence-corrected chi connectivity index (χ0v) is 10.6. The maximum Gasteiger partial charge on any atom is 0.258 e. The lowest BCUT2D eigenvalue weighted by molar-refractivity contribution is 0.102. The second-order valence-electron chi connectivity index (χ2n) is 4.35. The van der Waals surface area contributed by atoms with Gasteiger partial charge in [-0.15, -0.1) is 0 Å². The molecule has 0 aliphatic heterocycles. The normalized spacial score (nSPS) is 10.3. The summed E-state index contributed by atoms with van der Waals surface area (Å²) < 4.78 is 26.6. The molecule has 2 nitrogen and oxygen atoms in total. The standard InChI is InChI=1S/C15H13F2NO/c1-9-4-3-5-10(2)14(9)18-15(19)12-8-11(16)6-7-13(12)17/h3-8H,1-2H3,(H,18,19). The van der Waals surface area contributed by atoms with Gasteiger partial charge in [-0.1, -0.05) is 18.2 Å². The van der Waals surface area contributed by atoms with Crippen molar-refractivity contribution in [3.8, 4) is 0 Å². The van der Waals surface area contributed by atoms with Gasteiger partial charge in [-0.25, -0.2) is 8.78 Å². The van der Waals surface area contributed by atoms with Crippen LogP contribution in [0.1, 0.15) is 21.5 Å². The predicted octanol–water partition coefficient (Wildman–Crippen LogP) is 3.83. The zero-order valence-electron chi connectivity index (χ0n) is 10.6. The molecule has 0 spiro atoms. The van der Waals surface area contributed by atoms with Crippen LogP contribution in [0.15, 0.2) is 36.4 Å². The molecule has 19 heavy (non-hydrogen) atoms. The van der Waals surface area contributed by atoms with Crippen molar-refractivity contribution in [3.63, 3.8) is 0 Å². The summed E-state index contributed by atoms with van der Waals surface area (Å²) in [6, 6.07) is 8.34. The Kier molecular flexibility index (Phi) is 3.60. The van der Waals surface area contributed by atoms with E-state index < -0.39 is 17.5 Å². The van der Waals surface area contributed by atoms with Crippen molar-refractivity contribution in [2.45, 2.75) is 13.8 Å². The molecule has 1 N–H and O–H groups in total. The molecule has 2 aromatic rings. The number of rotatable bonds is 2. The Morgan fingerprint density at radius 2 is 1.68 bits per heavy atom. The van der Waals surface area contributed by atoms with Crippen LogP contribution >= 0.6 is 0 Å². The molecular weight excluding hydrogens is 248 g/mol. The molecule has 0 unspecified atom stereocenters. The van der Waals surface area contributed by atoms with Crippen molar-refractivity contribution < 1.29 is 13.6 Å². The van der Waals surface area contributed by atoms with E-state index in [2.05, 4.69) is 5.32 Å². The van der Waals surface area contributed by atoms with Crippen molar-refractivity contribution in [2.24, 2.45) is 0 Å². The Bertz CT molecular complexity index is 618. The van der Waals surface area contributed by atoms with Gasteiger partial charge in [0.1, 0.15) is 11.6 Å². The number of para-hydroxylation sites is 1. The molecule has 0 atom stereocenters. The molecule has 0 heterocycles. The van der Waals surface area contributed by atoms with Crippen LogP contribution in [0.3, 0.4) is 0 Å². The Morgan fingerprint density at radius 3 is 2.32 bits per heavy atom. The molecule has 0 aliphatic rings. The molecule has 0 aliphatic carbocycles. The third-order valence-corrected chi connectivity index (χ3v) is 2.89. The number of aryl methyl sites for hydroxylation is 2. The predicted molar refractivity (Wildman–Crippen MR) is 70.2 cm³/mol. The molecule has 0 fully saturated rings. The number of hydrogen-bond acceptors (Lipinski definition) is 1. The number of halogens is 2. The summed E-state index contributed by atoms with van der Waals surface area (Å²) in [5, 5.41) is 2.62. The van der Waals surface area contributed by atoms with E-state index in [0.717, 1.165) is 29.3 Å². The van der Waals surface area contributed by atoms with E-state index in [4.69, 9.17) is 0 Å². The molecule has 0 saturated carbocycles. The monoisotopic (exact) mass is 261 g/mol. The summed E-state index contributed by atoms with van der Waals surface area (Å²) in [6.07, 6.45) is 0. The van der Waals surface area contributed by atoms with Gasteiger partial charge in [-0.05, 0) is 43.2 Å². The average Bonchev–Trinajstić information content (AvgIpc) is 2.37. The number of hydrogen-bond donors (Lipinski definition) is 1. The third-order valence-electron chi connectivity index (χ3n) is 2.89. The first-order valence-electron chi connectivity index (χ1n) is 5.81. The zero-order chi connectivity index (χ0) is 14.0. The first-order valence-corrected chi connectivity index (χ1v) is 5.81. The number of carbonyl (C=O) groups is 1. The summed E-state index contributed by atoms with van der Waals surface area (Å²) in [6.45, 7) is 3.68. The van der Waals surface area contributed by atoms with Gasteiger partial charge in [0, 0.05) is 5.69 Å². The van der Waals surface area contributed by atoms with Crippen molar-refractivity contribution in [3.05, 3.63) is 64.7 Å². The Hall–Kier alpha value is -2.23. The van der Waals surface area contributed by atoms with Gasteiger partial charge in [0.15, 0.2) is 0 Å². The molecule has 2 rings (SSSR count). The summed E-state index contributed by atoms with van der Waals surface area (Å²) in [5.74, 6) is -2.05. The second kappa shape index (κ2) is 5.18. The Morgan fingerprint density at radius 1 is 1.05 bits per heavy atom. The fourth-order valence-electron chi connectivity index (χ4n) is 1.86. The highest BCUT2D eigenvalue weighted by Gasteiger charge is 2.14. The molecule has 2 aromatic carbocycles. The van der Waals surface area contributed by atoms with E-state index in [0.29, 0.717) is 5.69 Å². The van der Waals surface area contributed by atoms with Gasteiger partial charge in [-0.3, -0.25) is 4.79 Å². The smallest absolute Gasteiger partial charge is 0.258 e. The molecule has 98 valence electrons. The number of nitrogens with one attached hydrogen (secondary N) is 1. The lowest BCUT2D eigenvalue weighted by Gasteiger charge is -2.11. The highest BCUT2D eigenvalue weighted by atomic mass is 19.1. The first kappa shape index (κ1) is 13.2. The Labute approximate surface area is 110 Å². The second-order valence-corrected chi connectivity index (χ2v) is 4.35. The lowest BCUT2D eigenvalue weighted by atomic mass is 10.1. The molecule has 0 saturated heterocycles. The number of anilines is 1. The third kappa shape index (κ3) is 2.78. The van der Waals surface area contributed by atoms with E-state index in [9.17, 15) is 13.6 Å². The lowest BCUT2D eigenvalue weighted by Crippen LogP contribution is -2.15. The van der Waals surface area contributed by atoms with Gasteiger partial charge in [0.25, 0.3) is 5.91 Å². The fourth-order valence-corrected chi connectivity index (χ4v) is 1.86. The average molecular weight is 261 g/mol. The van der Waals surface area contributed by atoms with E-state index in [1.54, 1.807) is 0 Å². The summed E-state index contributed by atoms with van der Waals surface area (Å²) >= 11 is 0. The van der Waals surface area contributed by atoms with Crippen LogP contribution in [0.2, 0.25) is 0 Å². The van der Waals surface area contributed by atoms with Gasteiger partial charge in [-0.2, -0.15) is 0 Å². The van der Waals surface area contributed by atoms with Crippen LogP contribution in [-0.2, 0) is 0 Å². The minimum atomic E-state index is -0.745. The molecule has 1 amide bonds. The minimum absolute atomic E-state index is 0.303. The van der Waals surface area contributed by atoms with Crippen molar-refractivity contribution >= 4 is 11.6 Å². The topological polar surface area (TPSA) is 29.1 Å². The quantitative estimate of drug-likeness (QED) is 0.874. The van der Waals surface area contributed by atoms with Gasteiger partial charge in [0.05, 0.1) is 5.56 Å². The SMILES string of the molecule is Cc1cccc(C)c1NC(=O)c1cc(F)ccc1F. The van der Waals surface area contributed by atoms with E-state index >= 15 is 0 Å². The van der Waals surface area contributed by atoms with Crippen molar-refractivity contribution in [1.82, 2.24) is 0 Å². The van der Waals surface area contributed by atoms with Crippen LogP contribution in [0.25, 0.3) is 0 Å². The molecule has 0 bridgehead atoms. The number of amides is 1. The van der Waals surface area contributed by atoms with Crippen LogP contribution < -0.4 is 5.32 Å². The number of carbonyl (C=O) groups excluding carboxylic acids is 1. The molecule has 0 aromatic heterocycles. The number of benzene rings is 2. The summed E-state index contributed by atoms with van der Waals surface area (Å²) in [4.78, 5) is 12.0. The largest absolute Gasteiger partial charge is 0.321 e. The fraction of sp³-hybridized carbons (Fsp3) is 0.133. The van der Waals surface area contributed by atoms with Crippen LogP contribution in [0, 0.1) is 25.5 Å². The summed E-state index contributed by atoms with van der Waals surface area (Å²) in [5.41, 5.74) is 2.05. The molecular formula is C15H13F2NO.